The Morgan fingerprint density at radius 1 is 1.17 bits per heavy atom. The molecule has 0 spiro atoms. The lowest BCUT2D eigenvalue weighted by Gasteiger charge is -2.32. The summed E-state index contributed by atoms with van der Waals surface area (Å²) in [6.07, 6.45) is 0.0922. The van der Waals surface area contributed by atoms with Crippen LogP contribution in [0.15, 0.2) is 12.1 Å². The molecule has 1 rings (SSSR count). The Balaban J connectivity index is 3.49. The second-order valence-corrected chi connectivity index (χ2v) is 5.42. The number of nitrogens with zero attached hydrogens (tertiary/aromatic N) is 1. The maximum Gasteiger partial charge on any atom is 0.329 e. The molecule has 1 N–H and O–H groups in total. The Morgan fingerprint density at radius 2 is 1.78 bits per heavy atom. The van der Waals surface area contributed by atoms with Crippen molar-refractivity contribution in [2.45, 2.75) is 33.2 Å². The molecule has 0 aliphatic rings. The number of amides is 1. The van der Waals surface area contributed by atoms with E-state index in [1.54, 1.807) is 0 Å². The summed E-state index contributed by atoms with van der Waals surface area (Å²) in [7, 11) is 2.69. The van der Waals surface area contributed by atoms with Gasteiger partial charge in [0, 0.05) is 20.1 Å². The van der Waals surface area contributed by atoms with Crippen LogP contribution in [-0.2, 0) is 19.1 Å². The minimum absolute atomic E-state index is 0.0922. The molecule has 128 valence electrons. The van der Waals surface area contributed by atoms with Crippen LogP contribution in [0.1, 0.15) is 23.1 Å². The molecule has 0 saturated heterocycles. The number of carbonyl (C=O) groups is 2. The fourth-order valence-corrected chi connectivity index (χ4v) is 2.57. The predicted molar refractivity (Wildman–Crippen MR) is 87.5 cm³/mol. The summed E-state index contributed by atoms with van der Waals surface area (Å²) >= 11 is 0. The van der Waals surface area contributed by atoms with E-state index < -0.39 is 12.0 Å². The summed E-state index contributed by atoms with van der Waals surface area (Å²) < 4.78 is 9.77. The van der Waals surface area contributed by atoms with E-state index in [1.165, 1.54) is 19.1 Å². The molecule has 6 heteroatoms. The Bertz CT molecular complexity index is 570. The van der Waals surface area contributed by atoms with Gasteiger partial charge in [-0.05, 0) is 37.5 Å². The normalized spacial score (nSPS) is 11.9. The van der Waals surface area contributed by atoms with Crippen LogP contribution in [0.5, 0.6) is 0 Å². The molecule has 0 bridgehead atoms. The SMILES string of the molecule is COCC(=O)N(c1c(C)ccc(C)c1C)[C@@H](CCO)C(=O)OC. The molecule has 0 fully saturated rings. The van der Waals surface area contributed by atoms with Crippen molar-refractivity contribution >= 4 is 17.6 Å². The van der Waals surface area contributed by atoms with E-state index in [0.29, 0.717) is 5.69 Å². The maximum atomic E-state index is 12.6. The minimum atomic E-state index is -0.896. The monoisotopic (exact) mass is 323 g/mol. The molecular formula is C17H25NO5. The summed E-state index contributed by atoms with van der Waals surface area (Å²) in [6, 6.07) is 2.97. The van der Waals surface area contributed by atoms with Crippen molar-refractivity contribution in [3.63, 3.8) is 0 Å². The van der Waals surface area contributed by atoms with Gasteiger partial charge in [0.1, 0.15) is 12.6 Å². The second-order valence-electron chi connectivity index (χ2n) is 5.42. The highest BCUT2D eigenvalue weighted by Crippen LogP contribution is 2.30. The first kappa shape index (κ1) is 19.1. The van der Waals surface area contributed by atoms with Gasteiger partial charge in [0.05, 0.1) is 12.8 Å². The van der Waals surface area contributed by atoms with Gasteiger partial charge < -0.3 is 14.6 Å². The van der Waals surface area contributed by atoms with Gasteiger partial charge in [0.15, 0.2) is 0 Å². The molecule has 1 aromatic rings. The van der Waals surface area contributed by atoms with E-state index in [-0.39, 0.29) is 25.5 Å². The largest absolute Gasteiger partial charge is 0.467 e. The Kier molecular flexibility index (Phi) is 7.19. The number of benzene rings is 1. The molecule has 0 radical (unpaired) electrons. The number of aliphatic hydroxyl groups excluding tert-OH is 1. The van der Waals surface area contributed by atoms with Crippen molar-refractivity contribution < 1.29 is 24.2 Å². The summed E-state index contributed by atoms with van der Waals surface area (Å²) in [5.41, 5.74) is 3.44. The highest BCUT2D eigenvalue weighted by Gasteiger charge is 2.33. The first-order chi connectivity index (χ1) is 10.9. The zero-order valence-electron chi connectivity index (χ0n) is 14.4. The number of rotatable bonds is 7. The number of hydrogen-bond donors (Lipinski definition) is 1. The zero-order chi connectivity index (χ0) is 17.6. The third-order valence-electron chi connectivity index (χ3n) is 3.87. The van der Waals surface area contributed by atoms with Crippen LogP contribution in [0.4, 0.5) is 5.69 Å². The van der Waals surface area contributed by atoms with E-state index in [2.05, 4.69) is 0 Å². The zero-order valence-corrected chi connectivity index (χ0v) is 14.4. The third-order valence-corrected chi connectivity index (χ3v) is 3.87. The number of ether oxygens (including phenoxy) is 2. The first-order valence-corrected chi connectivity index (χ1v) is 7.45. The standard InChI is InChI=1S/C17H25NO5/c1-11-6-7-12(2)16(13(11)3)18(15(20)10-22-4)14(8-9-19)17(21)23-5/h6-7,14,19H,8-10H2,1-5H3/t14-/m0/s1. The van der Waals surface area contributed by atoms with Crippen molar-refractivity contribution in [3.05, 3.63) is 28.8 Å². The molecule has 23 heavy (non-hydrogen) atoms. The lowest BCUT2D eigenvalue weighted by atomic mass is 10.00. The van der Waals surface area contributed by atoms with Gasteiger partial charge >= 0.3 is 5.97 Å². The number of methoxy groups -OCH3 is 2. The quantitative estimate of drug-likeness (QED) is 0.770. The van der Waals surface area contributed by atoms with E-state index in [0.717, 1.165) is 16.7 Å². The Morgan fingerprint density at radius 3 is 2.30 bits per heavy atom. The predicted octanol–water partition coefficient (Wildman–Crippen LogP) is 1.52. The second kappa shape index (κ2) is 8.64. The van der Waals surface area contributed by atoms with Gasteiger partial charge in [0.25, 0.3) is 5.91 Å². The number of anilines is 1. The van der Waals surface area contributed by atoms with Crippen LogP contribution < -0.4 is 4.90 Å². The van der Waals surface area contributed by atoms with Crippen LogP contribution in [0.3, 0.4) is 0 Å². The molecule has 1 aromatic carbocycles. The fourth-order valence-electron chi connectivity index (χ4n) is 2.57. The molecule has 1 atom stereocenters. The van der Waals surface area contributed by atoms with Crippen molar-refractivity contribution in [1.82, 2.24) is 0 Å². The molecule has 0 heterocycles. The summed E-state index contributed by atoms with van der Waals surface area (Å²) in [5.74, 6) is -0.919. The summed E-state index contributed by atoms with van der Waals surface area (Å²) in [6.45, 7) is 5.32. The van der Waals surface area contributed by atoms with Gasteiger partial charge in [0.2, 0.25) is 0 Å². The number of aryl methyl sites for hydroxylation is 2. The van der Waals surface area contributed by atoms with Crippen LogP contribution in [0.2, 0.25) is 0 Å². The van der Waals surface area contributed by atoms with Gasteiger partial charge in [-0.3, -0.25) is 9.69 Å². The van der Waals surface area contributed by atoms with Crippen LogP contribution in [0.25, 0.3) is 0 Å². The van der Waals surface area contributed by atoms with E-state index >= 15 is 0 Å². The maximum absolute atomic E-state index is 12.6. The number of esters is 1. The lowest BCUT2D eigenvalue weighted by molar-refractivity contribution is -0.144. The van der Waals surface area contributed by atoms with E-state index in [4.69, 9.17) is 9.47 Å². The molecular weight excluding hydrogens is 298 g/mol. The van der Waals surface area contributed by atoms with Crippen LogP contribution in [-0.4, -0.2) is 50.5 Å². The molecule has 0 saturated carbocycles. The van der Waals surface area contributed by atoms with Crippen molar-refractivity contribution in [3.8, 4) is 0 Å². The Labute approximate surface area is 137 Å². The van der Waals surface area contributed by atoms with Gasteiger partial charge in [-0.15, -0.1) is 0 Å². The average Bonchev–Trinajstić information content (AvgIpc) is 2.53. The lowest BCUT2D eigenvalue weighted by Crippen LogP contribution is -2.48. The van der Waals surface area contributed by atoms with Crippen molar-refractivity contribution in [1.29, 1.82) is 0 Å². The third kappa shape index (κ3) is 4.30. The molecule has 0 unspecified atom stereocenters. The van der Waals surface area contributed by atoms with Gasteiger partial charge in [-0.25, -0.2) is 4.79 Å². The van der Waals surface area contributed by atoms with Gasteiger partial charge in [-0.1, -0.05) is 12.1 Å². The van der Waals surface area contributed by atoms with Gasteiger partial charge in [-0.2, -0.15) is 0 Å². The van der Waals surface area contributed by atoms with E-state index in [1.807, 2.05) is 32.9 Å². The number of hydrogen-bond acceptors (Lipinski definition) is 5. The van der Waals surface area contributed by atoms with Crippen molar-refractivity contribution in [2.24, 2.45) is 0 Å². The summed E-state index contributed by atoms with van der Waals surface area (Å²) in [5, 5.41) is 9.30. The van der Waals surface area contributed by atoms with Crippen molar-refractivity contribution in [2.75, 3.05) is 32.3 Å². The first-order valence-electron chi connectivity index (χ1n) is 7.45. The topological polar surface area (TPSA) is 76.1 Å². The number of aliphatic hydroxyl groups is 1. The molecule has 0 aliphatic carbocycles. The minimum Gasteiger partial charge on any atom is -0.467 e. The molecule has 1 amide bonds. The van der Waals surface area contributed by atoms with Crippen LogP contribution in [0, 0.1) is 20.8 Å². The molecule has 0 aliphatic heterocycles. The Hall–Kier alpha value is -1.92. The highest BCUT2D eigenvalue weighted by atomic mass is 16.5. The van der Waals surface area contributed by atoms with E-state index in [9.17, 15) is 14.7 Å². The number of carbonyl (C=O) groups excluding carboxylic acids is 2. The summed E-state index contributed by atoms with van der Waals surface area (Å²) in [4.78, 5) is 26.2. The van der Waals surface area contributed by atoms with Crippen LogP contribution >= 0.6 is 0 Å². The molecule has 0 aromatic heterocycles. The highest BCUT2D eigenvalue weighted by molar-refractivity contribution is 6.01. The fraction of sp³-hybridized carbons (Fsp3) is 0.529. The smallest absolute Gasteiger partial charge is 0.329 e. The average molecular weight is 323 g/mol. The molecule has 6 nitrogen and oxygen atoms in total.